The van der Waals surface area contributed by atoms with Gasteiger partial charge in [0.15, 0.2) is 11.5 Å². The van der Waals surface area contributed by atoms with Crippen molar-refractivity contribution >= 4 is 27.5 Å². The highest BCUT2D eigenvalue weighted by molar-refractivity contribution is 9.10. The first-order valence-electron chi connectivity index (χ1n) is 10.7. The van der Waals surface area contributed by atoms with Crippen molar-refractivity contribution in [3.8, 4) is 22.9 Å². The van der Waals surface area contributed by atoms with Crippen molar-refractivity contribution in [3.05, 3.63) is 52.8 Å². The molecule has 2 aliphatic rings. The van der Waals surface area contributed by atoms with Crippen molar-refractivity contribution in [2.75, 3.05) is 31.6 Å². The van der Waals surface area contributed by atoms with Gasteiger partial charge in [0.05, 0.1) is 6.54 Å². The summed E-state index contributed by atoms with van der Waals surface area (Å²) in [6, 6.07) is 13.3. The summed E-state index contributed by atoms with van der Waals surface area (Å²) in [7, 11) is 0. The molecule has 3 heterocycles. The normalized spacial score (nSPS) is 16.7. The minimum Gasteiger partial charge on any atom is -0.486 e. The third-order valence-corrected chi connectivity index (χ3v) is 6.23. The number of aromatic nitrogens is 2. The van der Waals surface area contributed by atoms with Crippen LogP contribution in [0.5, 0.6) is 11.5 Å². The Labute approximate surface area is 194 Å². The fourth-order valence-electron chi connectivity index (χ4n) is 3.95. The Morgan fingerprint density at radius 1 is 1.06 bits per heavy atom. The second kappa shape index (κ2) is 9.30. The largest absolute Gasteiger partial charge is 0.486 e. The van der Waals surface area contributed by atoms with E-state index < -0.39 is 0 Å². The summed E-state index contributed by atoms with van der Waals surface area (Å²) in [5.41, 5.74) is 1.64. The van der Waals surface area contributed by atoms with Crippen molar-refractivity contribution in [1.82, 2.24) is 15.0 Å². The Morgan fingerprint density at radius 2 is 1.81 bits per heavy atom. The van der Waals surface area contributed by atoms with Gasteiger partial charge in [0.1, 0.15) is 13.2 Å². The zero-order valence-electron chi connectivity index (χ0n) is 17.4. The molecule has 0 unspecified atom stereocenters. The van der Waals surface area contributed by atoms with Gasteiger partial charge in [-0.1, -0.05) is 21.1 Å². The van der Waals surface area contributed by atoms with E-state index in [9.17, 15) is 4.79 Å². The molecule has 1 amide bonds. The number of hydrogen-bond donors (Lipinski definition) is 1. The smallest absolute Gasteiger partial charge is 0.241 e. The van der Waals surface area contributed by atoms with Gasteiger partial charge in [-0.2, -0.15) is 4.98 Å². The molecule has 3 aromatic rings. The van der Waals surface area contributed by atoms with Crippen LogP contribution in [-0.2, 0) is 11.3 Å². The van der Waals surface area contributed by atoms with E-state index in [0.29, 0.717) is 43.0 Å². The first-order chi connectivity index (χ1) is 15.6. The van der Waals surface area contributed by atoms with Crippen LogP contribution in [0.3, 0.4) is 0 Å². The molecule has 1 aromatic heterocycles. The highest BCUT2D eigenvalue weighted by Crippen LogP contribution is 2.33. The SMILES string of the molecule is O=C(Nc1ccc2c(c1)OCCO2)C1CCN(Cc2nc(-c3ccc(Br)cc3)no2)CC1. The quantitative estimate of drug-likeness (QED) is 0.565. The van der Waals surface area contributed by atoms with E-state index in [2.05, 4.69) is 36.3 Å². The van der Waals surface area contributed by atoms with Gasteiger partial charge in [0.25, 0.3) is 0 Å². The van der Waals surface area contributed by atoms with Crippen molar-refractivity contribution < 1.29 is 18.8 Å². The van der Waals surface area contributed by atoms with E-state index in [1.807, 2.05) is 42.5 Å². The van der Waals surface area contributed by atoms with E-state index in [1.54, 1.807) is 0 Å². The maximum Gasteiger partial charge on any atom is 0.241 e. The molecule has 1 fully saturated rings. The number of nitrogens with zero attached hydrogens (tertiary/aromatic N) is 3. The molecule has 9 heteroatoms. The minimum atomic E-state index is -0.0273. The summed E-state index contributed by atoms with van der Waals surface area (Å²) < 4.78 is 17.6. The molecular formula is C23H23BrN4O4. The lowest BCUT2D eigenvalue weighted by Crippen LogP contribution is -2.37. The molecule has 0 saturated carbocycles. The Morgan fingerprint density at radius 3 is 2.59 bits per heavy atom. The van der Waals surface area contributed by atoms with Crippen LogP contribution in [0.15, 0.2) is 51.5 Å². The molecule has 1 saturated heterocycles. The van der Waals surface area contributed by atoms with Gasteiger partial charge in [0.2, 0.25) is 17.6 Å². The number of rotatable bonds is 5. The van der Waals surface area contributed by atoms with Crippen LogP contribution in [0.4, 0.5) is 5.69 Å². The first-order valence-corrected chi connectivity index (χ1v) is 11.4. The van der Waals surface area contributed by atoms with Gasteiger partial charge in [-0.15, -0.1) is 0 Å². The lowest BCUT2D eigenvalue weighted by Gasteiger charge is -2.30. The molecule has 32 heavy (non-hydrogen) atoms. The average Bonchev–Trinajstić information content (AvgIpc) is 3.28. The molecule has 0 radical (unpaired) electrons. The highest BCUT2D eigenvalue weighted by atomic mass is 79.9. The molecule has 2 aromatic carbocycles. The molecule has 8 nitrogen and oxygen atoms in total. The topological polar surface area (TPSA) is 89.7 Å². The van der Waals surface area contributed by atoms with Gasteiger partial charge in [-0.3, -0.25) is 9.69 Å². The number of hydrogen-bond acceptors (Lipinski definition) is 7. The Hall–Kier alpha value is -2.91. The molecule has 0 atom stereocenters. The standard InChI is InChI=1S/C23H23BrN4O4/c24-17-3-1-15(2-4-17)22-26-21(32-27-22)14-28-9-7-16(8-10-28)23(29)25-18-5-6-19-20(13-18)31-12-11-30-19/h1-6,13,16H,7-12,14H2,(H,25,29). The number of carbonyl (C=O) groups excluding carboxylic acids is 1. The summed E-state index contributed by atoms with van der Waals surface area (Å²) in [4.78, 5) is 19.5. The van der Waals surface area contributed by atoms with Crippen molar-refractivity contribution in [2.45, 2.75) is 19.4 Å². The lowest BCUT2D eigenvalue weighted by atomic mass is 9.96. The number of halogens is 1. The van der Waals surface area contributed by atoms with E-state index in [4.69, 9.17) is 14.0 Å². The summed E-state index contributed by atoms with van der Waals surface area (Å²) in [5.74, 6) is 2.57. The van der Waals surface area contributed by atoms with E-state index in [1.165, 1.54) is 0 Å². The Kier molecular flexibility index (Phi) is 6.09. The second-order valence-electron chi connectivity index (χ2n) is 7.92. The number of amides is 1. The highest BCUT2D eigenvalue weighted by Gasteiger charge is 2.26. The van der Waals surface area contributed by atoms with E-state index >= 15 is 0 Å². The number of nitrogens with one attached hydrogen (secondary N) is 1. The van der Waals surface area contributed by atoms with Crippen LogP contribution in [0.1, 0.15) is 18.7 Å². The molecule has 1 N–H and O–H groups in total. The van der Waals surface area contributed by atoms with E-state index in [0.717, 1.165) is 41.7 Å². The van der Waals surface area contributed by atoms with Gasteiger partial charge in [-0.05, 0) is 62.3 Å². The average molecular weight is 499 g/mol. The second-order valence-corrected chi connectivity index (χ2v) is 8.83. The summed E-state index contributed by atoms with van der Waals surface area (Å²) in [5, 5.41) is 7.11. The summed E-state index contributed by atoms with van der Waals surface area (Å²) in [6.07, 6.45) is 1.56. The summed E-state index contributed by atoms with van der Waals surface area (Å²) >= 11 is 3.43. The molecule has 2 aliphatic heterocycles. The van der Waals surface area contributed by atoms with Gasteiger partial charge in [0, 0.05) is 27.7 Å². The van der Waals surface area contributed by atoms with Crippen LogP contribution in [0.25, 0.3) is 11.4 Å². The zero-order valence-corrected chi connectivity index (χ0v) is 19.0. The molecule has 0 aliphatic carbocycles. The predicted molar refractivity (Wildman–Crippen MR) is 121 cm³/mol. The third-order valence-electron chi connectivity index (χ3n) is 5.70. The van der Waals surface area contributed by atoms with Crippen LogP contribution < -0.4 is 14.8 Å². The Balaban J connectivity index is 1.13. The molecule has 5 rings (SSSR count). The number of anilines is 1. The van der Waals surface area contributed by atoms with Crippen LogP contribution >= 0.6 is 15.9 Å². The Bertz CT molecular complexity index is 1090. The molecule has 0 bridgehead atoms. The number of fused-ring (bicyclic) bond motifs is 1. The lowest BCUT2D eigenvalue weighted by molar-refractivity contribution is -0.121. The van der Waals surface area contributed by atoms with Crippen LogP contribution in [0.2, 0.25) is 0 Å². The molecule has 0 spiro atoms. The number of carbonyl (C=O) groups is 1. The fraction of sp³-hybridized carbons (Fsp3) is 0.348. The number of likely N-dealkylation sites (tertiary alicyclic amines) is 1. The van der Waals surface area contributed by atoms with Gasteiger partial charge >= 0.3 is 0 Å². The molecule has 166 valence electrons. The van der Waals surface area contributed by atoms with Crippen molar-refractivity contribution in [1.29, 1.82) is 0 Å². The first kappa shape index (κ1) is 21.0. The fourth-order valence-corrected chi connectivity index (χ4v) is 4.21. The van der Waals surface area contributed by atoms with Gasteiger partial charge in [-0.25, -0.2) is 0 Å². The monoisotopic (exact) mass is 498 g/mol. The molecular weight excluding hydrogens is 476 g/mol. The van der Waals surface area contributed by atoms with Gasteiger partial charge < -0.3 is 19.3 Å². The van der Waals surface area contributed by atoms with Crippen molar-refractivity contribution in [3.63, 3.8) is 0 Å². The zero-order chi connectivity index (χ0) is 21.9. The maximum atomic E-state index is 12.7. The van der Waals surface area contributed by atoms with Crippen LogP contribution in [-0.4, -0.2) is 47.3 Å². The van der Waals surface area contributed by atoms with Crippen LogP contribution in [0, 0.1) is 5.92 Å². The number of piperidine rings is 1. The van der Waals surface area contributed by atoms with Crippen molar-refractivity contribution in [2.24, 2.45) is 5.92 Å². The van der Waals surface area contributed by atoms with E-state index in [-0.39, 0.29) is 11.8 Å². The third kappa shape index (κ3) is 4.78. The maximum absolute atomic E-state index is 12.7. The number of benzene rings is 2. The summed E-state index contributed by atoms with van der Waals surface area (Å²) in [6.45, 7) is 3.25. The number of ether oxygens (including phenoxy) is 2. The minimum absolute atomic E-state index is 0.0273. The predicted octanol–water partition coefficient (Wildman–Crippen LogP) is 4.12.